The molecule has 0 amide bonds. The molecule has 0 aromatic heterocycles. The topological polar surface area (TPSA) is 172 Å². The number of phosphoric acid groups is 1. The monoisotopic (exact) mass is 904 g/mol. The van der Waals surface area contributed by atoms with Crippen LogP contribution >= 0.6 is 7.82 Å². The van der Waals surface area contributed by atoms with E-state index in [1.165, 1.54) is 193 Å². The van der Waals surface area contributed by atoms with E-state index in [1.54, 1.807) is 0 Å². The summed E-state index contributed by atoms with van der Waals surface area (Å²) in [6, 6.07) is -1.52. The van der Waals surface area contributed by atoms with Gasteiger partial charge in [0, 0.05) is 12.8 Å². The van der Waals surface area contributed by atoms with E-state index in [4.69, 9.17) is 24.8 Å². The van der Waals surface area contributed by atoms with Crippen molar-refractivity contribution >= 4 is 25.7 Å². The number of unbranched alkanes of at least 4 members (excludes halogenated alkanes) is 36. The molecule has 62 heavy (non-hydrogen) atoms. The Morgan fingerprint density at radius 3 is 1.02 bits per heavy atom. The van der Waals surface area contributed by atoms with Gasteiger partial charge in [-0.2, -0.15) is 0 Å². The number of nitrogens with two attached hydrogens (primary N) is 1. The quantitative estimate of drug-likeness (QED) is 0.0301. The van der Waals surface area contributed by atoms with Crippen molar-refractivity contribution in [2.24, 2.45) is 5.73 Å². The zero-order valence-corrected chi connectivity index (χ0v) is 41.1. The first kappa shape index (κ1) is 60.5. The third kappa shape index (κ3) is 45.1. The lowest BCUT2D eigenvalue weighted by Crippen LogP contribution is -2.34. The summed E-state index contributed by atoms with van der Waals surface area (Å²) < 4.78 is 32.9. The normalized spacial score (nSPS) is 13.5. The first-order chi connectivity index (χ1) is 30.1. The van der Waals surface area contributed by atoms with Crippen molar-refractivity contribution in [2.75, 3.05) is 19.8 Å². The zero-order valence-electron chi connectivity index (χ0n) is 40.2. The average molecular weight is 904 g/mol. The Balaban J connectivity index is 4.18. The third-order valence-corrected chi connectivity index (χ3v) is 12.8. The maximum Gasteiger partial charge on any atom is 0.472 e. The summed E-state index contributed by atoms with van der Waals surface area (Å²) in [7, 11) is -4.71. The molecule has 4 N–H and O–H groups in total. The Morgan fingerprint density at radius 1 is 0.435 bits per heavy atom. The van der Waals surface area contributed by atoms with Gasteiger partial charge in [-0.15, -0.1) is 0 Å². The molecule has 0 aromatic rings. The maximum absolute atomic E-state index is 12.7. The van der Waals surface area contributed by atoms with E-state index in [0.717, 1.165) is 38.5 Å². The van der Waals surface area contributed by atoms with Crippen LogP contribution in [0.3, 0.4) is 0 Å². The highest BCUT2D eigenvalue weighted by Gasteiger charge is 2.28. The predicted octanol–water partition coefficient (Wildman–Crippen LogP) is 14.6. The van der Waals surface area contributed by atoms with Gasteiger partial charge in [-0.3, -0.25) is 23.4 Å². The summed E-state index contributed by atoms with van der Waals surface area (Å²) in [5, 5.41) is 8.92. The molecule has 0 spiro atoms. The van der Waals surface area contributed by atoms with Gasteiger partial charge in [-0.25, -0.2) is 4.57 Å². The first-order valence-corrected chi connectivity index (χ1v) is 27.6. The third-order valence-electron chi connectivity index (χ3n) is 11.9. The number of hydrogen-bond acceptors (Lipinski definition) is 9. The van der Waals surface area contributed by atoms with E-state index in [2.05, 4.69) is 18.4 Å². The lowest BCUT2D eigenvalue weighted by atomic mass is 10.0. The Bertz CT molecular complexity index is 1060. The van der Waals surface area contributed by atoms with Gasteiger partial charge >= 0.3 is 25.7 Å². The van der Waals surface area contributed by atoms with Gasteiger partial charge in [-0.1, -0.05) is 245 Å². The first-order valence-electron chi connectivity index (χ1n) is 26.1. The number of esters is 2. The van der Waals surface area contributed by atoms with E-state index < -0.39 is 51.1 Å². The molecule has 368 valence electrons. The minimum Gasteiger partial charge on any atom is -0.480 e. The summed E-state index contributed by atoms with van der Waals surface area (Å²) in [5.41, 5.74) is 5.35. The van der Waals surface area contributed by atoms with Gasteiger partial charge < -0.3 is 25.2 Å². The van der Waals surface area contributed by atoms with Crippen molar-refractivity contribution in [1.82, 2.24) is 0 Å². The maximum atomic E-state index is 12.7. The van der Waals surface area contributed by atoms with Crippen LogP contribution in [0.25, 0.3) is 0 Å². The summed E-state index contributed by atoms with van der Waals surface area (Å²) in [5.74, 6) is -2.35. The van der Waals surface area contributed by atoms with Crippen molar-refractivity contribution in [3.8, 4) is 0 Å². The number of phosphoric ester groups is 1. The average Bonchev–Trinajstić information content (AvgIpc) is 3.25. The van der Waals surface area contributed by atoms with Crippen LogP contribution < -0.4 is 5.73 Å². The highest BCUT2D eigenvalue weighted by molar-refractivity contribution is 7.47. The van der Waals surface area contributed by atoms with E-state index >= 15 is 0 Å². The van der Waals surface area contributed by atoms with Gasteiger partial charge in [0.2, 0.25) is 0 Å². The van der Waals surface area contributed by atoms with Gasteiger partial charge in [0.25, 0.3) is 0 Å². The largest absolute Gasteiger partial charge is 0.480 e. The summed E-state index contributed by atoms with van der Waals surface area (Å²) >= 11 is 0. The van der Waals surface area contributed by atoms with Crippen LogP contribution in [0.2, 0.25) is 0 Å². The van der Waals surface area contributed by atoms with E-state index in [1.807, 2.05) is 0 Å². The van der Waals surface area contributed by atoms with E-state index in [0.29, 0.717) is 12.8 Å². The van der Waals surface area contributed by atoms with Crippen LogP contribution in [0.5, 0.6) is 0 Å². The fraction of sp³-hybridized carbons (Fsp3) is 0.940. The lowest BCUT2D eigenvalue weighted by molar-refractivity contribution is -0.161. The molecule has 0 aliphatic rings. The van der Waals surface area contributed by atoms with Crippen LogP contribution in [-0.2, 0) is 37.5 Å². The molecule has 0 bridgehead atoms. The van der Waals surface area contributed by atoms with Crippen molar-refractivity contribution in [2.45, 2.75) is 283 Å². The zero-order chi connectivity index (χ0) is 45.6. The van der Waals surface area contributed by atoms with Crippen LogP contribution in [0, 0.1) is 0 Å². The molecule has 0 saturated carbocycles. The number of carbonyl (C=O) groups is 3. The Morgan fingerprint density at radius 2 is 0.710 bits per heavy atom. The summed E-state index contributed by atoms with van der Waals surface area (Å²) in [6.45, 7) is 2.87. The molecule has 0 fully saturated rings. The van der Waals surface area contributed by atoms with Crippen molar-refractivity contribution < 1.29 is 47.5 Å². The molecule has 0 radical (unpaired) electrons. The second-order valence-corrected chi connectivity index (χ2v) is 19.5. The lowest BCUT2D eigenvalue weighted by Gasteiger charge is -2.20. The second kappa shape index (κ2) is 46.0. The highest BCUT2D eigenvalue weighted by atomic mass is 31.2. The van der Waals surface area contributed by atoms with E-state index in [-0.39, 0.29) is 19.4 Å². The number of ether oxygens (including phenoxy) is 2. The Kier molecular flexibility index (Phi) is 44.9. The molecular weight excluding hydrogens is 806 g/mol. The summed E-state index contributed by atoms with van der Waals surface area (Å²) in [4.78, 5) is 46.2. The van der Waals surface area contributed by atoms with Gasteiger partial charge in [0.05, 0.1) is 13.2 Å². The van der Waals surface area contributed by atoms with Crippen molar-refractivity contribution in [3.63, 3.8) is 0 Å². The fourth-order valence-corrected chi connectivity index (χ4v) is 8.55. The molecule has 0 rings (SSSR count). The van der Waals surface area contributed by atoms with Gasteiger partial charge in [0.1, 0.15) is 12.6 Å². The number of aliphatic carboxylic acids is 1. The molecule has 0 aliphatic carbocycles. The molecule has 11 nitrogen and oxygen atoms in total. The molecular formula is C50H98NO10P. The van der Waals surface area contributed by atoms with Gasteiger partial charge in [0.15, 0.2) is 6.10 Å². The highest BCUT2D eigenvalue weighted by Crippen LogP contribution is 2.43. The minimum atomic E-state index is -4.71. The van der Waals surface area contributed by atoms with Crippen LogP contribution in [0.1, 0.15) is 271 Å². The van der Waals surface area contributed by atoms with Crippen LogP contribution in [0.4, 0.5) is 0 Å². The van der Waals surface area contributed by atoms with Crippen LogP contribution in [-0.4, -0.2) is 59.9 Å². The van der Waals surface area contributed by atoms with Crippen molar-refractivity contribution in [3.05, 3.63) is 0 Å². The molecule has 0 saturated heterocycles. The fourth-order valence-electron chi connectivity index (χ4n) is 7.77. The number of rotatable bonds is 50. The molecule has 12 heteroatoms. The molecule has 3 unspecified atom stereocenters. The minimum absolute atomic E-state index is 0.170. The summed E-state index contributed by atoms with van der Waals surface area (Å²) in [6.07, 6.45) is 47.4. The Hall–Kier alpha value is -1.52. The SMILES string of the molecule is CCCCCCCCCCCCCCCCCCCCCCCC(=O)OC(COC(=O)CCCCCCCCCCCCCCCCCCC)COP(=O)(O)OCC(N)C(=O)O. The predicted molar refractivity (Wildman–Crippen MR) is 254 cm³/mol. The van der Waals surface area contributed by atoms with E-state index in [9.17, 15) is 23.8 Å². The number of hydrogen-bond donors (Lipinski definition) is 3. The van der Waals surface area contributed by atoms with Crippen LogP contribution in [0.15, 0.2) is 0 Å². The number of carbonyl (C=O) groups excluding carboxylic acids is 2. The van der Waals surface area contributed by atoms with Crippen molar-refractivity contribution in [1.29, 1.82) is 0 Å². The molecule has 0 heterocycles. The second-order valence-electron chi connectivity index (χ2n) is 18.0. The number of carboxylic acid groups (broad SMARTS) is 1. The van der Waals surface area contributed by atoms with Gasteiger partial charge in [-0.05, 0) is 12.8 Å². The smallest absolute Gasteiger partial charge is 0.472 e. The molecule has 0 aliphatic heterocycles. The Labute approximate surface area is 380 Å². The standard InChI is InChI=1S/C50H98NO10P/c1-3-5-7-9-11-13-15-17-19-21-22-23-24-26-28-30-32-34-36-38-40-42-49(53)61-46(44-59-62(56,57)60-45-47(51)50(54)55)43-58-48(52)41-39-37-35-33-31-29-27-25-20-18-16-14-12-10-8-6-4-2/h46-47H,3-45,51H2,1-2H3,(H,54,55)(H,56,57). The molecule has 0 aromatic carbocycles. The number of carboxylic acids is 1. The molecule has 3 atom stereocenters.